The predicted octanol–water partition coefficient (Wildman–Crippen LogP) is 3.52. The lowest BCUT2D eigenvalue weighted by atomic mass is 10.00. The van der Waals surface area contributed by atoms with Crippen molar-refractivity contribution in [2.24, 2.45) is 11.8 Å². The van der Waals surface area contributed by atoms with Crippen LogP contribution in [0.5, 0.6) is 0 Å². The number of rotatable bonds is 12. The van der Waals surface area contributed by atoms with E-state index >= 15 is 0 Å². The summed E-state index contributed by atoms with van der Waals surface area (Å²) in [6, 6.07) is 9.15. The minimum Gasteiger partial charge on any atom is -0.460 e. The van der Waals surface area contributed by atoms with Gasteiger partial charge in [-0.15, -0.1) is 0 Å². The molecule has 1 fully saturated rings. The second-order valence-electron chi connectivity index (χ2n) is 10.2. The zero-order valence-corrected chi connectivity index (χ0v) is 20.1. The van der Waals surface area contributed by atoms with Gasteiger partial charge in [-0.1, -0.05) is 44.2 Å². The van der Waals surface area contributed by atoms with Gasteiger partial charge in [0.05, 0.1) is 12.6 Å². The van der Waals surface area contributed by atoms with Crippen LogP contribution < -0.4 is 10.6 Å². The highest BCUT2D eigenvalue weighted by molar-refractivity contribution is 5.81. The van der Waals surface area contributed by atoms with Crippen LogP contribution in [0.2, 0.25) is 0 Å². The Morgan fingerprint density at radius 3 is 2.38 bits per heavy atom. The van der Waals surface area contributed by atoms with E-state index in [1.165, 1.54) is 0 Å². The monoisotopic (exact) mass is 445 g/mol. The summed E-state index contributed by atoms with van der Waals surface area (Å²) < 4.78 is 5.48. The standard InChI is InChI=1S/C25H39N3O4/c1-18(2)13-14-28(24(31)27-25(3,4)5)16-22(32-17-29)21(26-23(30)20-11-12-20)15-19-9-7-6-8-10-19/h6-10,17-18,20-22H,11-16H2,1-5H3,(H,26,30)(H,27,31). The van der Waals surface area contributed by atoms with E-state index in [0.29, 0.717) is 25.4 Å². The second kappa shape index (κ2) is 11.9. The van der Waals surface area contributed by atoms with Gasteiger partial charge in [-0.2, -0.15) is 0 Å². The summed E-state index contributed by atoms with van der Waals surface area (Å²) in [5.41, 5.74) is 0.638. The van der Waals surface area contributed by atoms with E-state index in [2.05, 4.69) is 24.5 Å². The van der Waals surface area contributed by atoms with Crippen molar-refractivity contribution < 1.29 is 19.1 Å². The fraction of sp³-hybridized carbons (Fsp3) is 0.640. The van der Waals surface area contributed by atoms with E-state index < -0.39 is 17.7 Å². The molecule has 1 aromatic rings. The normalized spacial score (nSPS) is 15.6. The van der Waals surface area contributed by atoms with Crippen LogP contribution >= 0.6 is 0 Å². The molecule has 0 bridgehead atoms. The lowest BCUT2D eigenvalue weighted by Gasteiger charge is -2.34. The first-order valence-electron chi connectivity index (χ1n) is 11.6. The van der Waals surface area contributed by atoms with Crippen molar-refractivity contribution in [3.05, 3.63) is 35.9 Å². The number of carbonyl (C=O) groups is 3. The molecule has 32 heavy (non-hydrogen) atoms. The number of ether oxygens (including phenoxy) is 1. The number of benzene rings is 1. The Morgan fingerprint density at radius 1 is 1.19 bits per heavy atom. The van der Waals surface area contributed by atoms with Crippen molar-refractivity contribution in [2.75, 3.05) is 13.1 Å². The van der Waals surface area contributed by atoms with Gasteiger partial charge in [0, 0.05) is 18.0 Å². The predicted molar refractivity (Wildman–Crippen MR) is 125 cm³/mol. The van der Waals surface area contributed by atoms with E-state index in [4.69, 9.17) is 4.74 Å². The number of hydrogen-bond donors (Lipinski definition) is 2. The number of hydrogen-bond acceptors (Lipinski definition) is 4. The minimum absolute atomic E-state index is 0.0155. The number of amides is 3. The van der Waals surface area contributed by atoms with Gasteiger partial charge in [-0.3, -0.25) is 9.59 Å². The van der Waals surface area contributed by atoms with Crippen molar-refractivity contribution >= 4 is 18.4 Å². The molecule has 2 rings (SSSR count). The number of nitrogens with zero attached hydrogens (tertiary/aromatic N) is 1. The fourth-order valence-electron chi connectivity index (χ4n) is 3.43. The lowest BCUT2D eigenvalue weighted by Crippen LogP contribution is -2.55. The largest absolute Gasteiger partial charge is 0.460 e. The lowest BCUT2D eigenvalue weighted by molar-refractivity contribution is -0.137. The molecule has 1 aliphatic rings. The first-order chi connectivity index (χ1) is 15.1. The molecule has 0 heterocycles. The number of urea groups is 1. The van der Waals surface area contributed by atoms with Gasteiger partial charge in [0.2, 0.25) is 5.91 Å². The summed E-state index contributed by atoms with van der Waals surface area (Å²) in [4.78, 5) is 38.7. The summed E-state index contributed by atoms with van der Waals surface area (Å²) in [5.74, 6) is 0.435. The third kappa shape index (κ3) is 9.28. The Balaban J connectivity index is 2.23. The first-order valence-corrected chi connectivity index (χ1v) is 11.6. The average Bonchev–Trinajstić information content (AvgIpc) is 3.54. The highest BCUT2D eigenvalue weighted by Crippen LogP contribution is 2.29. The van der Waals surface area contributed by atoms with Gasteiger partial charge in [0.25, 0.3) is 6.47 Å². The molecule has 3 amide bonds. The van der Waals surface area contributed by atoms with Gasteiger partial charge >= 0.3 is 6.03 Å². The highest BCUT2D eigenvalue weighted by Gasteiger charge is 2.35. The summed E-state index contributed by atoms with van der Waals surface area (Å²) in [6.07, 6.45) is 2.45. The Morgan fingerprint density at radius 2 is 1.84 bits per heavy atom. The van der Waals surface area contributed by atoms with Crippen LogP contribution in [0.25, 0.3) is 0 Å². The van der Waals surface area contributed by atoms with Crippen LogP contribution in [0.4, 0.5) is 4.79 Å². The fourth-order valence-corrected chi connectivity index (χ4v) is 3.43. The zero-order valence-electron chi connectivity index (χ0n) is 20.1. The van der Waals surface area contributed by atoms with Gasteiger partial charge in [-0.25, -0.2) is 4.79 Å². The molecular formula is C25H39N3O4. The molecule has 0 aromatic heterocycles. The van der Waals surface area contributed by atoms with E-state index in [1.807, 2.05) is 51.1 Å². The quantitative estimate of drug-likeness (QED) is 0.482. The zero-order chi connectivity index (χ0) is 23.7. The molecule has 1 aromatic carbocycles. The van der Waals surface area contributed by atoms with Crippen molar-refractivity contribution in [3.8, 4) is 0 Å². The molecule has 1 saturated carbocycles. The topological polar surface area (TPSA) is 87.7 Å². The van der Waals surface area contributed by atoms with E-state index in [1.54, 1.807) is 4.90 Å². The van der Waals surface area contributed by atoms with Crippen molar-refractivity contribution in [1.29, 1.82) is 0 Å². The SMILES string of the molecule is CC(C)CCN(CC(OC=O)C(Cc1ccccc1)NC(=O)C1CC1)C(=O)NC(C)(C)C. The molecule has 7 nitrogen and oxygen atoms in total. The average molecular weight is 446 g/mol. The third-order valence-corrected chi connectivity index (χ3v) is 5.40. The molecule has 2 N–H and O–H groups in total. The summed E-state index contributed by atoms with van der Waals surface area (Å²) in [5, 5.41) is 6.09. The van der Waals surface area contributed by atoms with E-state index in [-0.39, 0.29) is 24.4 Å². The molecule has 0 radical (unpaired) electrons. The maximum atomic E-state index is 13.0. The van der Waals surface area contributed by atoms with Crippen LogP contribution in [0.3, 0.4) is 0 Å². The molecule has 2 unspecified atom stereocenters. The molecular weight excluding hydrogens is 406 g/mol. The van der Waals surface area contributed by atoms with Crippen molar-refractivity contribution in [2.45, 2.75) is 78.0 Å². The number of carbonyl (C=O) groups excluding carboxylic acids is 3. The summed E-state index contributed by atoms with van der Waals surface area (Å²) in [7, 11) is 0. The van der Waals surface area contributed by atoms with Crippen molar-refractivity contribution in [3.63, 3.8) is 0 Å². The van der Waals surface area contributed by atoms with Crippen LogP contribution in [-0.4, -0.2) is 54.1 Å². The Kier molecular flexibility index (Phi) is 9.54. The number of nitrogens with one attached hydrogen (secondary N) is 2. The van der Waals surface area contributed by atoms with Gasteiger partial charge < -0.3 is 20.3 Å². The maximum absolute atomic E-state index is 13.0. The Labute approximate surface area is 192 Å². The molecule has 7 heteroatoms. The maximum Gasteiger partial charge on any atom is 0.317 e. The smallest absolute Gasteiger partial charge is 0.317 e. The van der Waals surface area contributed by atoms with Crippen LogP contribution in [0.15, 0.2) is 30.3 Å². The third-order valence-electron chi connectivity index (χ3n) is 5.40. The minimum atomic E-state index is -0.659. The van der Waals surface area contributed by atoms with Gasteiger partial charge in [0.1, 0.15) is 6.10 Å². The summed E-state index contributed by atoms with van der Waals surface area (Å²) in [6.45, 7) is 11.1. The Hall–Kier alpha value is -2.57. The summed E-state index contributed by atoms with van der Waals surface area (Å²) >= 11 is 0. The van der Waals surface area contributed by atoms with Crippen LogP contribution in [0.1, 0.15) is 59.4 Å². The first kappa shape index (κ1) is 25.7. The second-order valence-corrected chi connectivity index (χ2v) is 10.2. The molecule has 0 aliphatic heterocycles. The molecule has 0 saturated heterocycles. The molecule has 1 aliphatic carbocycles. The molecule has 0 spiro atoms. The molecule has 178 valence electrons. The van der Waals surface area contributed by atoms with Crippen molar-refractivity contribution in [1.82, 2.24) is 15.5 Å². The van der Waals surface area contributed by atoms with E-state index in [0.717, 1.165) is 24.8 Å². The van der Waals surface area contributed by atoms with Gasteiger partial charge in [-0.05, 0) is 57.9 Å². The molecule has 2 atom stereocenters. The Bertz CT molecular complexity index is 741. The van der Waals surface area contributed by atoms with Crippen LogP contribution in [0, 0.1) is 11.8 Å². The highest BCUT2D eigenvalue weighted by atomic mass is 16.5. The van der Waals surface area contributed by atoms with Gasteiger partial charge in [0.15, 0.2) is 0 Å². The van der Waals surface area contributed by atoms with Crippen LogP contribution in [-0.2, 0) is 20.7 Å². The van der Waals surface area contributed by atoms with E-state index in [9.17, 15) is 14.4 Å².